The molecule has 3 rings (SSSR count). The molecule has 1 amide bonds. The van der Waals surface area contributed by atoms with E-state index in [1.54, 1.807) is 11.8 Å². The molecule has 0 aliphatic carbocycles. The van der Waals surface area contributed by atoms with Gasteiger partial charge in [-0.2, -0.15) is 0 Å². The van der Waals surface area contributed by atoms with E-state index in [9.17, 15) is 4.79 Å². The van der Waals surface area contributed by atoms with Gasteiger partial charge >= 0.3 is 0 Å². The number of carbonyl (C=O) groups excluding carboxylic acids is 1. The molecule has 0 unspecified atom stereocenters. The third-order valence-corrected chi connectivity index (χ3v) is 4.88. The standard InChI is InChI=1S/C17H20N2OS/c1-13-11-18-8-9-19(13)17(20)12-21-16-7-6-14-4-2-3-5-15(14)10-16/h2-7,10,13,18H,8-9,11-12H2,1H3/t13-/m1/s1. The van der Waals surface area contributed by atoms with Crippen molar-refractivity contribution in [2.45, 2.75) is 17.9 Å². The molecule has 0 bridgehead atoms. The molecule has 110 valence electrons. The molecule has 21 heavy (non-hydrogen) atoms. The summed E-state index contributed by atoms with van der Waals surface area (Å²) in [5, 5.41) is 5.78. The van der Waals surface area contributed by atoms with E-state index in [1.165, 1.54) is 10.8 Å². The van der Waals surface area contributed by atoms with Crippen LogP contribution in [0.1, 0.15) is 6.92 Å². The summed E-state index contributed by atoms with van der Waals surface area (Å²) in [7, 11) is 0. The summed E-state index contributed by atoms with van der Waals surface area (Å²) in [6.45, 7) is 4.71. The lowest BCUT2D eigenvalue weighted by molar-refractivity contribution is -0.131. The molecule has 1 heterocycles. The van der Waals surface area contributed by atoms with Crippen molar-refractivity contribution >= 4 is 28.4 Å². The number of hydrogen-bond donors (Lipinski definition) is 1. The van der Waals surface area contributed by atoms with Crippen LogP contribution in [-0.2, 0) is 4.79 Å². The molecule has 1 saturated heterocycles. The number of nitrogens with zero attached hydrogens (tertiary/aromatic N) is 1. The SMILES string of the molecule is C[C@@H]1CNCCN1C(=O)CSc1ccc2ccccc2c1. The molecule has 1 N–H and O–H groups in total. The van der Waals surface area contributed by atoms with E-state index in [0.29, 0.717) is 11.8 Å². The lowest BCUT2D eigenvalue weighted by Crippen LogP contribution is -2.52. The van der Waals surface area contributed by atoms with Crippen LogP contribution in [0.3, 0.4) is 0 Å². The van der Waals surface area contributed by atoms with Gasteiger partial charge in [0.2, 0.25) is 5.91 Å². The number of nitrogens with one attached hydrogen (secondary N) is 1. The zero-order valence-corrected chi connectivity index (χ0v) is 13.0. The Morgan fingerprint density at radius 1 is 1.29 bits per heavy atom. The zero-order chi connectivity index (χ0) is 14.7. The minimum atomic E-state index is 0.238. The molecule has 2 aromatic carbocycles. The van der Waals surface area contributed by atoms with Gasteiger partial charge in [-0.05, 0) is 29.8 Å². The summed E-state index contributed by atoms with van der Waals surface area (Å²) in [5.74, 6) is 0.755. The Balaban J connectivity index is 1.64. The lowest BCUT2D eigenvalue weighted by Gasteiger charge is -2.33. The molecule has 1 fully saturated rings. The van der Waals surface area contributed by atoms with Crippen LogP contribution in [0, 0.1) is 0 Å². The Bertz CT molecular complexity index is 643. The molecule has 0 saturated carbocycles. The van der Waals surface area contributed by atoms with Crippen LogP contribution >= 0.6 is 11.8 Å². The molecule has 4 heteroatoms. The van der Waals surface area contributed by atoms with Crippen LogP contribution in [0.15, 0.2) is 47.4 Å². The van der Waals surface area contributed by atoms with Crippen molar-refractivity contribution in [2.75, 3.05) is 25.4 Å². The van der Waals surface area contributed by atoms with Crippen molar-refractivity contribution in [1.82, 2.24) is 10.2 Å². The molecule has 0 spiro atoms. The fourth-order valence-corrected chi connectivity index (χ4v) is 3.53. The fourth-order valence-electron chi connectivity index (χ4n) is 2.70. The van der Waals surface area contributed by atoms with Gasteiger partial charge in [0.25, 0.3) is 0 Å². The first-order chi connectivity index (χ1) is 10.2. The molecular weight excluding hydrogens is 280 g/mol. The van der Waals surface area contributed by atoms with Crippen molar-refractivity contribution in [1.29, 1.82) is 0 Å². The molecule has 0 aromatic heterocycles. The molecule has 2 aromatic rings. The van der Waals surface area contributed by atoms with Gasteiger partial charge in [-0.3, -0.25) is 4.79 Å². The van der Waals surface area contributed by atoms with E-state index in [2.05, 4.69) is 42.6 Å². The van der Waals surface area contributed by atoms with Gasteiger partial charge < -0.3 is 10.2 Å². The summed E-state index contributed by atoms with van der Waals surface area (Å²) in [5.41, 5.74) is 0. The highest BCUT2D eigenvalue weighted by Crippen LogP contribution is 2.24. The Morgan fingerprint density at radius 2 is 2.10 bits per heavy atom. The Kier molecular flexibility index (Phi) is 4.46. The van der Waals surface area contributed by atoms with Crippen molar-refractivity contribution in [2.24, 2.45) is 0 Å². The maximum absolute atomic E-state index is 12.3. The maximum atomic E-state index is 12.3. The highest BCUT2D eigenvalue weighted by molar-refractivity contribution is 8.00. The second kappa shape index (κ2) is 6.50. The highest BCUT2D eigenvalue weighted by Gasteiger charge is 2.22. The van der Waals surface area contributed by atoms with Crippen LogP contribution in [0.4, 0.5) is 0 Å². The third-order valence-electron chi connectivity index (χ3n) is 3.90. The van der Waals surface area contributed by atoms with Gasteiger partial charge in [-0.1, -0.05) is 30.3 Å². The zero-order valence-electron chi connectivity index (χ0n) is 12.2. The normalized spacial score (nSPS) is 18.9. The molecular formula is C17H20N2OS. The van der Waals surface area contributed by atoms with Gasteiger partial charge in [0.15, 0.2) is 0 Å². The molecule has 1 aliphatic rings. The second-order valence-electron chi connectivity index (χ2n) is 5.44. The van der Waals surface area contributed by atoms with E-state index >= 15 is 0 Å². The average Bonchev–Trinajstić information content (AvgIpc) is 2.53. The second-order valence-corrected chi connectivity index (χ2v) is 6.49. The number of hydrogen-bond acceptors (Lipinski definition) is 3. The van der Waals surface area contributed by atoms with Gasteiger partial charge in [0.1, 0.15) is 0 Å². The molecule has 1 aliphatic heterocycles. The van der Waals surface area contributed by atoms with Crippen LogP contribution in [0.2, 0.25) is 0 Å². The summed E-state index contributed by atoms with van der Waals surface area (Å²) in [4.78, 5) is 15.5. The third kappa shape index (κ3) is 3.39. The number of amides is 1. The van der Waals surface area contributed by atoms with E-state index < -0.39 is 0 Å². The van der Waals surface area contributed by atoms with E-state index in [0.717, 1.165) is 24.5 Å². The van der Waals surface area contributed by atoms with Gasteiger partial charge in [0, 0.05) is 30.6 Å². The number of fused-ring (bicyclic) bond motifs is 1. The molecule has 0 radical (unpaired) electrons. The van der Waals surface area contributed by atoms with Crippen molar-refractivity contribution in [3.8, 4) is 0 Å². The van der Waals surface area contributed by atoms with Gasteiger partial charge in [-0.15, -0.1) is 11.8 Å². The van der Waals surface area contributed by atoms with Crippen molar-refractivity contribution < 1.29 is 4.79 Å². The van der Waals surface area contributed by atoms with Crippen LogP contribution in [0.25, 0.3) is 10.8 Å². The molecule has 1 atom stereocenters. The van der Waals surface area contributed by atoms with E-state index in [1.807, 2.05) is 17.0 Å². The molecule has 3 nitrogen and oxygen atoms in total. The summed E-state index contributed by atoms with van der Waals surface area (Å²) in [6.07, 6.45) is 0. The first kappa shape index (κ1) is 14.4. The summed E-state index contributed by atoms with van der Waals surface area (Å²) >= 11 is 1.63. The predicted molar refractivity (Wildman–Crippen MR) is 88.7 cm³/mol. The number of carbonyl (C=O) groups is 1. The number of piperazine rings is 1. The minimum absolute atomic E-state index is 0.238. The number of thioether (sulfide) groups is 1. The average molecular weight is 300 g/mol. The lowest BCUT2D eigenvalue weighted by atomic mass is 10.1. The van der Waals surface area contributed by atoms with Crippen LogP contribution < -0.4 is 5.32 Å². The maximum Gasteiger partial charge on any atom is 0.233 e. The highest BCUT2D eigenvalue weighted by atomic mass is 32.2. The van der Waals surface area contributed by atoms with Crippen LogP contribution in [-0.4, -0.2) is 42.2 Å². The topological polar surface area (TPSA) is 32.3 Å². The van der Waals surface area contributed by atoms with Crippen molar-refractivity contribution in [3.05, 3.63) is 42.5 Å². The monoisotopic (exact) mass is 300 g/mol. The van der Waals surface area contributed by atoms with E-state index in [-0.39, 0.29) is 5.91 Å². The van der Waals surface area contributed by atoms with Gasteiger partial charge in [-0.25, -0.2) is 0 Å². The van der Waals surface area contributed by atoms with E-state index in [4.69, 9.17) is 0 Å². The smallest absolute Gasteiger partial charge is 0.233 e. The Labute approximate surface area is 129 Å². The minimum Gasteiger partial charge on any atom is -0.337 e. The number of rotatable bonds is 3. The quantitative estimate of drug-likeness (QED) is 0.885. The van der Waals surface area contributed by atoms with Gasteiger partial charge in [0.05, 0.1) is 5.75 Å². The predicted octanol–water partition coefficient (Wildman–Crippen LogP) is 2.75. The van der Waals surface area contributed by atoms with Crippen LogP contribution in [0.5, 0.6) is 0 Å². The summed E-state index contributed by atoms with van der Waals surface area (Å²) < 4.78 is 0. The number of benzene rings is 2. The summed E-state index contributed by atoms with van der Waals surface area (Å²) in [6, 6.07) is 15.0. The van der Waals surface area contributed by atoms with Crippen molar-refractivity contribution in [3.63, 3.8) is 0 Å². The largest absolute Gasteiger partial charge is 0.337 e. The first-order valence-electron chi connectivity index (χ1n) is 7.36. The first-order valence-corrected chi connectivity index (χ1v) is 8.34. The fraction of sp³-hybridized carbons (Fsp3) is 0.353. The Hall–Kier alpha value is -1.52. The Morgan fingerprint density at radius 3 is 2.90 bits per heavy atom.